The molecule has 0 heterocycles. The van der Waals surface area contributed by atoms with Crippen LogP contribution in [-0.4, -0.2) is 38.1 Å². The van der Waals surface area contributed by atoms with Gasteiger partial charge in [0, 0.05) is 12.6 Å². The van der Waals surface area contributed by atoms with Crippen molar-refractivity contribution in [1.82, 2.24) is 4.90 Å². The van der Waals surface area contributed by atoms with E-state index < -0.39 is 0 Å². The molecule has 108 valence electrons. The molecule has 0 fully saturated rings. The number of methoxy groups -OCH3 is 2. The van der Waals surface area contributed by atoms with Crippen LogP contribution in [0.3, 0.4) is 0 Å². The minimum absolute atomic E-state index is 0.223. The van der Waals surface area contributed by atoms with Crippen molar-refractivity contribution in [3.05, 3.63) is 17.7 Å². The number of hydrogen-bond acceptors (Lipinski definition) is 4. The summed E-state index contributed by atoms with van der Waals surface area (Å²) in [7, 11) is 3.01. The molecule has 0 atom stereocenters. The topological polar surface area (TPSA) is 64.8 Å². The zero-order chi connectivity index (χ0) is 15.1. The molecule has 5 nitrogen and oxygen atoms in total. The summed E-state index contributed by atoms with van der Waals surface area (Å²) in [5.41, 5.74) is 6.59. The molecule has 0 radical (unpaired) electrons. The summed E-state index contributed by atoms with van der Waals surface area (Å²) >= 11 is 0. The van der Waals surface area contributed by atoms with Crippen LogP contribution in [0.1, 0.15) is 23.7 Å². The number of carbonyl (C=O) groups excluding carboxylic acids is 1. The van der Waals surface area contributed by atoms with Crippen molar-refractivity contribution in [3.63, 3.8) is 0 Å². The first-order valence-corrected chi connectivity index (χ1v) is 6.33. The van der Waals surface area contributed by atoms with Gasteiger partial charge < -0.3 is 20.1 Å². The summed E-state index contributed by atoms with van der Waals surface area (Å²) in [6.45, 7) is 2.79. The number of ether oxygens (including phenoxy) is 2. The predicted octanol–water partition coefficient (Wildman–Crippen LogP) is 1.77. The average molecular weight is 276 g/mol. The molecule has 0 aliphatic rings. The Kier molecular flexibility index (Phi) is 5.73. The Labute approximate surface area is 119 Å². The van der Waals surface area contributed by atoms with E-state index in [0.717, 1.165) is 6.42 Å². The van der Waals surface area contributed by atoms with Gasteiger partial charge in [0.1, 0.15) is 11.5 Å². The Hall–Kier alpha value is -2.35. The van der Waals surface area contributed by atoms with Crippen LogP contribution in [0.15, 0.2) is 12.1 Å². The molecule has 0 bridgehead atoms. The van der Waals surface area contributed by atoms with Crippen molar-refractivity contribution in [3.8, 4) is 23.8 Å². The first kappa shape index (κ1) is 15.7. The van der Waals surface area contributed by atoms with Gasteiger partial charge in [0.2, 0.25) is 0 Å². The van der Waals surface area contributed by atoms with Gasteiger partial charge >= 0.3 is 0 Å². The van der Waals surface area contributed by atoms with Gasteiger partial charge in [0.15, 0.2) is 0 Å². The van der Waals surface area contributed by atoms with Gasteiger partial charge in [-0.15, -0.1) is 6.42 Å². The molecule has 0 spiro atoms. The van der Waals surface area contributed by atoms with E-state index in [1.165, 1.54) is 14.2 Å². The Morgan fingerprint density at radius 2 is 2.10 bits per heavy atom. The molecular weight excluding hydrogens is 256 g/mol. The van der Waals surface area contributed by atoms with Gasteiger partial charge in [0.05, 0.1) is 32.0 Å². The summed E-state index contributed by atoms with van der Waals surface area (Å²) in [5.74, 6) is 3.18. The van der Waals surface area contributed by atoms with Gasteiger partial charge in [-0.05, 0) is 12.5 Å². The van der Waals surface area contributed by atoms with Crippen molar-refractivity contribution in [1.29, 1.82) is 0 Å². The van der Waals surface area contributed by atoms with E-state index >= 15 is 0 Å². The van der Waals surface area contributed by atoms with Crippen molar-refractivity contribution in [2.45, 2.75) is 13.3 Å². The largest absolute Gasteiger partial charge is 0.497 e. The third kappa shape index (κ3) is 3.35. The van der Waals surface area contributed by atoms with E-state index in [1.54, 1.807) is 17.0 Å². The molecule has 0 saturated heterocycles. The number of benzene rings is 1. The zero-order valence-electron chi connectivity index (χ0n) is 12.1. The lowest BCUT2D eigenvalue weighted by Crippen LogP contribution is -2.32. The first-order chi connectivity index (χ1) is 9.58. The number of carbonyl (C=O) groups is 1. The summed E-state index contributed by atoms with van der Waals surface area (Å²) in [6, 6.07) is 3.23. The highest BCUT2D eigenvalue weighted by atomic mass is 16.5. The number of nitrogens with zero attached hydrogens (tertiary/aromatic N) is 1. The normalized spacial score (nSPS) is 9.70. The smallest absolute Gasteiger partial charge is 0.257 e. The fourth-order valence-corrected chi connectivity index (χ4v) is 1.87. The zero-order valence-corrected chi connectivity index (χ0v) is 12.1. The lowest BCUT2D eigenvalue weighted by atomic mass is 10.1. The summed E-state index contributed by atoms with van der Waals surface area (Å²) in [6.07, 6.45) is 6.12. The van der Waals surface area contributed by atoms with Crippen molar-refractivity contribution in [2.75, 3.05) is 33.0 Å². The summed E-state index contributed by atoms with van der Waals surface area (Å²) < 4.78 is 10.3. The Bertz CT molecular complexity index is 521. The van der Waals surface area contributed by atoms with Crippen LogP contribution >= 0.6 is 0 Å². The molecule has 2 N–H and O–H groups in total. The predicted molar refractivity (Wildman–Crippen MR) is 79.0 cm³/mol. The number of terminal acetylenes is 1. The second-order valence-corrected chi connectivity index (χ2v) is 4.22. The Morgan fingerprint density at radius 1 is 1.40 bits per heavy atom. The fourth-order valence-electron chi connectivity index (χ4n) is 1.87. The quantitative estimate of drug-likeness (QED) is 0.635. The average Bonchev–Trinajstić information content (AvgIpc) is 2.46. The standard InChI is InChI=1S/C15H20N2O3/c1-5-7-17(8-6-2)15(18)12-9-11(19-3)10-13(20-4)14(12)16/h1,9-10H,6-8,16H2,2-4H3. The summed E-state index contributed by atoms with van der Waals surface area (Å²) in [4.78, 5) is 14.1. The van der Waals surface area contributed by atoms with Crippen molar-refractivity contribution in [2.24, 2.45) is 0 Å². The molecule has 0 unspecified atom stereocenters. The molecule has 1 rings (SSSR count). The number of amides is 1. The van der Waals surface area contributed by atoms with Gasteiger partial charge in [-0.2, -0.15) is 0 Å². The number of rotatable bonds is 6. The highest BCUT2D eigenvalue weighted by molar-refractivity contribution is 6.01. The maximum Gasteiger partial charge on any atom is 0.257 e. The van der Waals surface area contributed by atoms with E-state index in [2.05, 4.69) is 5.92 Å². The fraction of sp³-hybridized carbons (Fsp3) is 0.400. The second kappa shape index (κ2) is 7.29. The molecule has 1 aromatic rings. The highest BCUT2D eigenvalue weighted by Gasteiger charge is 2.20. The van der Waals surface area contributed by atoms with Crippen LogP contribution in [-0.2, 0) is 0 Å². The van der Waals surface area contributed by atoms with Crippen molar-refractivity contribution < 1.29 is 14.3 Å². The lowest BCUT2D eigenvalue weighted by Gasteiger charge is -2.21. The Balaban J connectivity index is 3.22. The van der Waals surface area contributed by atoms with Crippen LogP contribution in [0.25, 0.3) is 0 Å². The molecule has 0 saturated carbocycles. The van der Waals surface area contributed by atoms with E-state index in [9.17, 15) is 4.79 Å². The third-order valence-corrected chi connectivity index (χ3v) is 2.86. The number of hydrogen-bond donors (Lipinski definition) is 1. The minimum atomic E-state index is -0.223. The van der Waals surface area contributed by atoms with Crippen LogP contribution in [0.4, 0.5) is 5.69 Å². The SMILES string of the molecule is C#CCN(CCC)C(=O)c1cc(OC)cc(OC)c1N. The first-order valence-electron chi connectivity index (χ1n) is 6.33. The van der Waals surface area contributed by atoms with Gasteiger partial charge in [-0.25, -0.2) is 0 Å². The van der Waals surface area contributed by atoms with Gasteiger partial charge in [-0.1, -0.05) is 12.8 Å². The molecule has 1 aromatic carbocycles. The lowest BCUT2D eigenvalue weighted by molar-refractivity contribution is 0.0777. The minimum Gasteiger partial charge on any atom is -0.497 e. The van der Waals surface area contributed by atoms with E-state index in [1.807, 2.05) is 6.92 Å². The highest BCUT2D eigenvalue weighted by Crippen LogP contribution is 2.31. The van der Waals surface area contributed by atoms with Crippen LogP contribution < -0.4 is 15.2 Å². The van der Waals surface area contributed by atoms with E-state index in [-0.39, 0.29) is 18.1 Å². The third-order valence-electron chi connectivity index (χ3n) is 2.86. The van der Waals surface area contributed by atoms with Gasteiger partial charge in [0.25, 0.3) is 5.91 Å². The van der Waals surface area contributed by atoms with Crippen molar-refractivity contribution >= 4 is 11.6 Å². The number of anilines is 1. The molecule has 1 amide bonds. The van der Waals surface area contributed by atoms with Crippen LogP contribution in [0, 0.1) is 12.3 Å². The number of nitrogens with two attached hydrogens (primary N) is 1. The molecule has 20 heavy (non-hydrogen) atoms. The molecule has 0 aliphatic carbocycles. The Morgan fingerprint density at radius 3 is 2.60 bits per heavy atom. The second-order valence-electron chi connectivity index (χ2n) is 4.22. The monoisotopic (exact) mass is 276 g/mol. The summed E-state index contributed by atoms with van der Waals surface area (Å²) in [5, 5.41) is 0. The van der Waals surface area contributed by atoms with E-state index in [0.29, 0.717) is 23.6 Å². The molecule has 5 heteroatoms. The van der Waals surface area contributed by atoms with Crippen LogP contribution in [0.5, 0.6) is 11.5 Å². The maximum atomic E-state index is 12.5. The molecular formula is C15H20N2O3. The van der Waals surface area contributed by atoms with Gasteiger partial charge in [-0.3, -0.25) is 4.79 Å². The van der Waals surface area contributed by atoms with Crippen LogP contribution in [0.2, 0.25) is 0 Å². The van der Waals surface area contributed by atoms with E-state index in [4.69, 9.17) is 21.6 Å². The molecule has 0 aliphatic heterocycles. The maximum absolute atomic E-state index is 12.5. The number of nitrogen functional groups attached to an aromatic ring is 1. The molecule has 0 aromatic heterocycles.